The highest BCUT2D eigenvalue weighted by molar-refractivity contribution is 6.26. The zero-order valence-electron chi connectivity index (χ0n) is 22.0. The van der Waals surface area contributed by atoms with Gasteiger partial charge in [-0.1, -0.05) is 60.7 Å². The highest BCUT2D eigenvalue weighted by atomic mass is 16.5. The van der Waals surface area contributed by atoms with E-state index in [-0.39, 0.29) is 34.9 Å². The Labute approximate surface area is 231 Å². The van der Waals surface area contributed by atoms with E-state index in [1.807, 2.05) is 24.3 Å². The van der Waals surface area contributed by atoms with Crippen LogP contribution in [0.2, 0.25) is 0 Å². The van der Waals surface area contributed by atoms with E-state index in [9.17, 15) is 14.4 Å². The maximum absolute atomic E-state index is 14.2. The number of ether oxygens (including phenoxy) is 2. The number of nitrogens with zero attached hydrogens (tertiary/aromatic N) is 1. The number of nitrogens with one attached hydrogen (secondary N) is 1. The molecule has 4 aliphatic rings. The van der Waals surface area contributed by atoms with Crippen molar-refractivity contribution >= 4 is 29.1 Å². The Morgan fingerprint density at radius 1 is 0.700 bits per heavy atom. The summed E-state index contributed by atoms with van der Waals surface area (Å²) < 4.78 is 10.7. The van der Waals surface area contributed by atoms with E-state index >= 15 is 0 Å². The SMILES string of the molecule is COc1ccc(NC(=O)c2ccccc2N2C(=O)[C@@H]3C4c5ccccc5C(c5ccccc54)[C@H]3C2=O)c(OC)c1. The van der Waals surface area contributed by atoms with Gasteiger partial charge in [0.05, 0.1) is 43.0 Å². The normalized spacial score (nSPS) is 21.9. The van der Waals surface area contributed by atoms with Crippen LogP contribution in [-0.2, 0) is 9.59 Å². The molecule has 1 fully saturated rings. The van der Waals surface area contributed by atoms with Crippen LogP contribution >= 0.6 is 0 Å². The van der Waals surface area contributed by atoms with Crippen molar-refractivity contribution in [2.24, 2.45) is 11.8 Å². The van der Waals surface area contributed by atoms with E-state index in [1.165, 1.54) is 12.0 Å². The summed E-state index contributed by atoms with van der Waals surface area (Å²) in [7, 11) is 3.06. The van der Waals surface area contributed by atoms with Crippen LogP contribution in [-0.4, -0.2) is 31.9 Å². The zero-order valence-corrected chi connectivity index (χ0v) is 22.0. The van der Waals surface area contributed by atoms with Gasteiger partial charge in [-0.05, 0) is 46.5 Å². The van der Waals surface area contributed by atoms with Crippen molar-refractivity contribution in [2.75, 3.05) is 24.4 Å². The van der Waals surface area contributed by atoms with Crippen molar-refractivity contribution in [3.63, 3.8) is 0 Å². The molecule has 3 aliphatic carbocycles. The van der Waals surface area contributed by atoms with Crippen molar-refractivity contribution in [3.8, 4) is 11.5 Å². The van der Waals surface area contributed by atoms with Gasteiger partial charge in [0.1, 0.15) is 11.5 Å². The van der Waals surface area contributed by atoms with E-state index in [2.05, 4.69) is 29.6 Å². The van der Waals surface area contributed by atoms with Crippen molar-refractivity contribution in [1.82, 2.24) is 0 Å². The molecule has 0 aromatic heterocycles. The molecular formula is C33H26N2O5. The summed E-state index contributed by atoms with van der Waals surface area (Å²) >= 11 is 0. The Bertz CT molecular complexity index is 1600. The molecule has 1 saturated heterocycles. The van der Waals surface area contributed by atoms with Crippen LogP contribution in [0.4, 0.5) is 11.4 Å². The Kier molecular flexibility index (Phi) is 5.49. The molecule has 2 bridgehead atoms. The first-order chi connectivity index (χ1) is 19.5. The lowest BCUT2D eigenvalue weighted by atomic mass is 9.55. The number of anilines is 2. The Morgan fingerprint density at radius 3 is 1.75 bits per heavy atom. The average Bonchev–Trinajstić information content (AvgIpc) is 3.27. The third-order valence-electron chi connectivity index (χ3n) is 8.49. The smallest absolute Gasteiger partial charge is 0.257 e. The summed E-state index contributed by atoms with van der Waals surface area (Å²) in [6.07, 6.45) is 0. The Hall–Kier alpha value is -4.91. The van der Waals surface area contributed by atoms with Crippen LogP contribution in [0.3, 0.4) is 0 Å². The maximum Gasteiger partial charge on any atom is 0.257 e. The highest BCUT2D eigenvalue weighted by Crippen LogP contribution is 2.61. The van der Waals surface area contributed by atoms with Gasteiger partial charge in [0.15, 0.2) is 0 Å². The zero-order chi connectivity index (χ0) is 27.5. The van der Waals surface area contributed by atoms with Gasteiger partial charge in [-0.3, -0.25) is 14.4 Å². The molecule has 4 aromatic rings. The fraction of sp³-hybridized carbons (Fsp3) is 0.182. The minimum atomic E-state index is -0.528. The Balaban J connectivity index is 1.29. The van der Waals surface area contributed by atoms with Crippen molar-refractivity contribution in [2.45, 2.75) is 11.8 Å². The van der Waals surface area contributed by atoms with E-state index in [0.717, 1.165) is 22.3 Å². The van der Waals surface area contributed by atoms with Gasteiger partial charge in [-0.25, -0.2) is 4.90 Å². The first-order valence-corrected chi connectivity index (χ1v) is 13.2. The highest BCUT2D eigenvalue weighted by Gasteiger charge is 2.62. The lowest BCUT2D eigenvalue weighted by Crippen LogP contribution is -2.41. The molecule has 1 aliphatic heterocycles. The second-order valence-corrected chi connectivity index (χ2v) is 10.3. The molecule has 40 heavy (non-hydrogen) atoms. The summed E-state index contributed by atoms with van der Waals surface area (Å²) in [5.74, 6) is -1.46. The third kappa shape index (κ3) is 3.33. The van der Waals surface area contributed by atoms with Gasteiger partial charge in [0.25, 0.3) is 5.91 Å². The molecule has 7 nitrogen and oxygen atoms in total. The van der Waals surface area contributed by atoms with Gasteiger partial charge in [-0.2, -0.15) is 0 Å². The Morgan fingerprint density at radius 2 is 1.23 bits per heavy atom. The van der Waals surface area contributed by atoms with E-state index in [4.69, 9.17) is 9.47 Å². The van der Waals surface area contributed by atoms with Gasteiger partial charge >= 0.3 is 0 Å². The molecule has 7 heteroatoms. The second-order valence-electron chi connectivity index (χ2n) is 10.3. The third-order valence-corrected chi connectivity index (χ3v) is 8.49. The van der Waals surface area contributed by atoms with Crippen molar-refractivity contribution in [3.05, 3.63) is 119 Å². The summed E-state index contributed by atoms with van der Waals surface area (Å²) in [5, 5.41) is 2.87. The molecule has 2 atom stereocenters. The standard InChI is InChI=1S/C33H26N2O5/c1-39-18-15-16-24(26(17-18)40-2)34-31(36)23-13-7-8-14-25(23)35-32(37)29-27-19-9-3-4-10-20(19)28(30(29)33(35)38)22-12-6-5-11-21(22)27/h3-17,27-30H,1-2H3,(H,34,36)/t27?,28?,29-,30-/m1/s1. The number of carbonyl (C=O) groups excluding carboxylic acids is 3. The van der Waals surface area contributed by atoms with E-state index in [1.54, 1.807) is 49.6 Å². The number of hydrogen-bond donors (Lipinski definition) is 1. The number of methoxy groups -OCH3 is 2. The van der Waals surface area contributed by atoms with E-state index < -0.39 is 17.7 Å². The van der Waals surface area contributed by atoms with Crippen LogP contribution in [0.1, 0.15) is 44.4 Å². The topological polar surface area (TPSA) is 84.9 Å². The lowest BCUT2D eigenvalue weighted by molar-refractivity contribution is -0.122. The molecule has 0 spiro atoms. The minimum Gasteiger partial charge on any atom is -0.497 e. The second kappa shape index (κ2) is 9.09. The quantitative estimate of drug-likeness (QED) is 0.352. The van der Waals surface area contributed by atoms with E-state index in [0.29, 0.717) is 17.2 Å². The number of benzene rings is 4. The van der Waals surface area contributed by atoms with Crippen LogP contribution < -0.4 is 19.7 Å². The van der Waals surface area contributed by atoms with Crippen LogP contribution in [0.5, 0.6) is 11.5 Å². The molecule has 8 rings (SSSR count). The van der Waals surface area contributed by atoms with Crippen LogP contribution in [0.25, 0.3) is 0 Å². The lowest BCUT2D eigenvalue weighted by Gasteiger charge is -2.45. The number of imide groups is 1. The number of amides is 3. The first-order valence-electron chi connectivity index (χ1n) is 13.2. The predicted molar refractivity (Wildman–Crippen MR) is 150 cm³/mol. The molecule has 0 saturated carbocycles. The number of hydrogen-bond acceptors (Lipinski definition) is 5. The summed E-state index contributed by atoms with van der Waals surface area (Å²) in [6.45, 7) is 0. The minimum absolute atomic E-state index is 0.214. The van der Waals surface area contributed by atoms with Gasteiger partial charge in [0, 0.05) is 17.9 Å². The monoisotopic (exact) mass is 530 g/mol. The average molecular weight is 531 g/mol. The summed E-state index contributed by atoms with van der Waals surface area (Å²) in [5.41, 5.74) is 5.37. The summed E-state index contributed by atoms with van der Waals surface area (Å²) in [6, 6.07) is 28.1. The van der Waals surface area contributed by atoms with Gasteiger partial charge in [-0.15, -0.1) is 0 Å². The molecule has 3 amide bonds. The predicted octanol–water partition coefficient (Wildman–Crippen LogP) is 5.35. The first kappa shape index (κ1) is 24.2. The molecular weight excluding hydrogens is 504 g/mol. The van der Waals surface area contributed by atoms with Crippen LogP contribution in [0, 0.1) is 11.8 Å². The summed E-state index contributed by atoms with van der Waals surface area (Å²) in [4.78, 5) is 43.2. The maximum atomic E-state index is 14.2. The molecule has 0 radical (unpaired) electrons. The molecule has 4 aromatic carbocycles. The largest absolute Gasteiger partial charge is 0.497 e. The molecule has 0 unspecified atom stereocenters. The molecule has 198 valence electrons. The fourth-order valence-electron chi connectivity index (χ4n) is 6.87. The van der Waals surface area contributed by atoms with Crippen molar-refractivity contribution in [1.29, 1.82) is 0 Å². The number of rotatable bonds is 5. The number of carbonyl (C=O) groups is 3. The van der Waals surface area contributed by atoms with Gasteiger partial charge in [0.2, 0.25) is 11.8 Å². The molecule has 1 N–H and O–H groups in total. The van der Waals surface area contributed by atoms with Crippen molar-refractivity contribution < 1.29 is 23.9 Å². The fourth-order valence-corrected chi connectivity index (χ4v) is 6.87. The molecule has 1 heterocycles. The van der Waals surface area contributed by atoms with Crippen LogP contribution in [0.15, 0.2) is 91.0 Å². The number of para-hydroxylation sites is 1. The van der Waals surface area contributed by atoms with Gasteiger partial charge < -0.3 is 14.8 Å².